The molecule has 0 N–H and O–H groups in total. The van der Waals surface area contributed by atoms with E-state index < -0.39 is 0 Å². The molecule has 32 heavy (non-hydrogen) atoms. The lowest BCUT2D eigenvalue weighted by Gasteiger charge is -2.34. The zero-order chi connectivity index (χ0) is 22.2. The third-order valence-electron chi connectivity index (χ3n) is 6.06. The van der Waals surface area contributed by atoms with Crippen LogP contribution in [0.15, 0.2) is 48.5 Å². The van der Waals surface area contributed by atoms with Crippen LogP contribution >= 0.6 is 22.9 Å². The molecule has 0 atom stereocenters. The topological polar surface area (TPSA) is 60.9 Å². The maximum atomic E-state index is 13.2. The summed E-state index contributed by atoms with van der Waals surface area (Å²) >= 11 is 7.83. The molecule has 3 amide bonds. The number of amides is 3. The van der Waals surface area contributed by atoms with Gasteiger partial charge in [-0.15, -0.1) is 11.3 Å². The van der Waals surface area contributed by atoms with Gasteiger partial charge in [-0.25, -0.2) is 0 Å². The second-order valence-electron chi connectivity index (χ2n) is 8.05. The fraction of sp³-hybridized carbons (Fsp3) is 0.292. The van der Waals surface area contributed by atoms with Gasteiger partial charge in [0, 0.05) is 49.5 Å². The third kappa shape index (κ3) is 3.87. The maximum absolute atomic E-state index is 13.2. The number of hydrogen-bond donors (Lipinski definition) is 0. The zero-order valence-electron chi connectivity index (χ0n) is 17.4. The first-order chi connectivity index (χ1) is 15.5. The molecule has 0 radical (unpaired) electrons. The molecular formula is C24H22ClN3O3S. The Morgan fingerprint density at radius 3 is 2.28 bits per heavy atom. The van der Waals surface area contributed by atoms with E-state index in [4.69, 9.17) is 11.6 Å². The van der Waals surface area contributed by atoms with Gasteiger partial charge in [-0.1, -0.05) is 29.8 Å². The molecule has 0 unspecified atom stereocenters. The van der Waals surface area contributed by atoms with Crippen molar-refractivity contribution in [1.82, 2.24) is 9.80 Å². The first kappa shape index (κ1) is 21.0. The van der Waals surface area contributed by atoms with Crippen molar-refractivity contribution in [3.05, 3.63) is 64.0 Å². The van der Waals surface area contributed by atoms with E-state index in [2.05, 4.69) is 0 Å². The van der Waals surface area contributed by atoms with Crippen LogP contribution in [-0.2, 0) is 4.79 Å². The van der Waals surface area contributed by atoms with Gasteiger partial charge >= 0.3 is 0 Å². The highest BCUT2D eigenvalue weighted by molar-refractivity contribution is 7.20. The Morgan fingerprint density at radius 2 is 1.59 bits per heavy atom. The highest BCUT2D eigenvalue weighted by Crippen LogP contribution is 2.29. The van der Waals surface area contributed by atoms with E-state index >= 15 is 0 Å². The summed E-state index contributed by atoms with van der Waals surface area (Å²) < 4.78 is 1.09. The molecule has 3 aromatic rings. The van der Waals surface area contributed by atoms with Crippen LogP contribution in [0, 0.1) is 0 Å². The number of thiophene rings is 1. The fourth-order valence-electron chi connectivity index (χ4n) is 4.29. The Labute approximate surface area is 195 Å². The number of rotatable bonds is 3. The summed E-state index contributed by atoms with van der Waals surface area (Å²) in [5, 5.41) is 1.44. The molecule has 2 aliphatic heterocycles. The third-order valence-corrected chi connectivity index (χ3v) is 7.49. The van der Waals surface area contributed by atoms with Crippen LogP contribution in [0.2, 0.25) is 5.02 Å². The molecule has 3 heterocycles. The standard InChI is InChI=1S/C24H22ClN3O3S/c25-19-8-7-17(28-9-3-6-22(28)29)15-18(19)23(30)26-10-12-27(13-11-26)24(31)21-14-16-4-1-2-5-20(16)32-21/h1-2,4-5,7-8,14-15H,3,6,9-13H2. The van der Waals surface area contributed by atoms with E-state index in [9.17, 15) is 14.4 Å². The molecule has 2 aliphatic rings. The van der Waals surface area contributed by atoms with Crippen LogP contribution in [0.25, 0.3) is 10.1 Å². The van der Waals surface area contributed by atoms with Gasteiger partial charge < -0.3 is 14.7 Å². The number of benzene rings is 2. The number of carbonyl (C=O) groups is 3. The molecule has 8 heteroatoms. The van der Waals surface area contributed by atoms with Gasteiger partial charge in [0.05, 0.1) is 15.5 Å². The molecule has 1 aromatic heterocycles. The van der Waals surface area contributed by atoms with Gasteiger partial charge in [-0.2, -0.15) is 0 Å². The summed E-state index contributed by atoms with van der Waals surface area (Å²) in [5.74, 6) is -0.0950. The van der Waals surface area contributed by atoms with Crippen LogP contribution < -0.4 is 4.90 Å². The Balaban J connectivity index is 1.27. The molecule has 2 aromatic carbocycles. The SMILES string of the molecule is O=C(c1cc2ccccc2s1)N1CCN(C(=O)c2cc(N3CCCC3=O)ccc2Cl)CC1. The minimum atomic E-state index is -0.169. The number of halogens is 1. The number of fused-ring (bicyclic) bond motifs is 1. The average molecular weight is 468 g/mol. The van der Waals surface area contributed by atoms with E-state index in [1.807, 2.05) is 30.3 Å². The van der Waals surface area contributed by atoms with E-state index in [0.717, 1.165) is 21.4 Å². The minimum absolute atomic E-state index is 0.00544. The normalized spacial score (nSPS) is 16.8. The predicted octanol–water partition coefficient (Wildman–Crippen LogP) is 4.28. The molecule has 0 aliphatic carbocycles. The van der Waals surface area contributed by atoms with Crippen LogP contribution in [0.3, 0.4) is 0 Å². The molecule has 6 nitrogen and oxygen atoms in total. The van der Waals surface area contributed by atoms with Crippen LogP contribution in [0.4, 0.5) is 5.69 Å². The second kappa shape index (κ2) is 8.56. The Bertz CT molecular complexity index is 1180. The molecule has 0 saturated carbocycles. The summed E-state index contributed by atoms with van der Waals surface area (Å²) in [6.07, 6.45) is 1.35. The highest BCUT2D eigenvalue weighted by atomic mass is 35.5. The van der Waals surface area contributed by atoms with Crippen molar-refractivity contribution in [3.8, 4) is 0 Å². The number of carbonyl (C=O) groups excluding carboxylic acids is 3. The molecular weight excluding hydrogens is 446 g/mol. The Kier molecular flexibility index (Phi) is 5.61. The minimum Gasteiger partial charge on any atom is -0.335 e. The fourth-order valence-corrected chi connectivity index (χ4v) is 5.52. The van der Waals surface area contributed by atoms with Crippen LogP contribution in [-0.4, -0.2) is 60.2 Å². The van der Waals surface area contributed by atoms with Crippen molar-refractivity contribution >= 4 is 56.4 Å². The van der Waals surface area contributed by atoms with Crippen molar-refractivity contribution in [2.24, 2.45) is 0 Å². The zero-order valence-corrected chi connectivity index (χ0v) is 19.0. The molecule has 2 saturated heterocycles. The summed E-state index contributed by atoms with van der Waals surface area (Å²) in [5.41, 5.74) is 1.10. The Morgan fingerprint density at radius 1 is 0.875 bits per heavy atom. The lowest BCUT2D eigenvalue weighted by Crippen LogP contribution is -2.50. The molecule has 5 rings (SSSR count). The second-order valence-corrected chi connectivity index (χ2v) is 9.54. The van der Waals surface area contributed by atoms with E-state index in [1.165, 1.54) is 11.3 Å². The van der Waals surface area contributed by atoms with Crippen molar-refractivity contribution < 1.29 is 14.4 Å². The number of anilines is 1. The largest absolute Gasteiger partial charge is 0.335 e. The summed E-state index contributed by atoms with van der Waals surface area (Å²) in [6.45, 7) is 2.49. The first-order valence-electron chi connectivity index (χ1n) is 10.7. The quantitative estimate of drug-likeness (QED) is 0.577. The van der Waals surface area contributed by atoms with Crippen molar-refractivity contribution in [2.75, 3.05) is 37.6 Å². The lowest BCUT2D eigenvalue weighted by molar-refractivity contribution is -0.117. The van der Waals surface area contributed by atoms with Gasteiger partial charge in [0.25, 0.3) is 11.8 Å². The molecule has 0 bridgehead atoms. The molecule has 164 valence electrons. The van der Waals surface area contributed by atoms with E-state index in [1.54, 1.807) is 32.9 Å². The van der Waals surface area contributed by atoms with Crippen molar-refractivity contribution in [1.29, 1.82) is 0 Å². The number of piperazine rings is 1. The smallest absolute Gasteiger partial charge is 0.264 e. The van der Waals surface area contributed by atoms with Gasteiger partial charge in [-0.05, 0) is 42.1 Å². The van der Waals surface area contributed by atoms with E-state index in [0.29, 0.717) is 55.4 Å². The van der Waals surface area contributed by atoms with Gasteiger partial charge in [-0.3, -0.25) is 14.4 Å². The van der Waals surface area contributed by atoms with Crippen molar-refractivity contribution in [3.63, 3.8) is 0 Å². The summed E-state index contributed by atoms with van der Waals surface area (Å²) in [4.78, 5) is 44.2. The first-order valence-corrected chi connectivity index (χ1v) is 11.9. The van der Waals surface area contributed by atoms with Gasteiger partial charge in [0.15, 0.2) is 0 Å². The number of nitrogens with zero attached hydrogens (tertiary/aromatic N) is 3. The van der Waals surface area contributed by atoms with Gasteiger partial charge in [0.1, 0.15) is 0 Å². The monoisotopic (exact) mass is 467 g/mol. The van der Waals surface area contributed by atoms with Crippen LogP contribution in [0.5, 0.6) is 0 Å². The molecule has 2 fully saturated rings. The summed E-state index contributed by atoms with van der Waals surface area (Å²) in [6, 6.07) is 15.1. The lowest BCUT2D eigenvalue weighted by atomic mass is 10.1. The molecule has 0 spiro atoms. The average Bonchev–Trinajstić information content (AvgIpc) is 3.45. The maximum Gasteiger partial charge on any atom is 0.264 e. The van der Waals surface area contributed by atoms with Crippen molar-refractivity contribution in [2.45, 2.75) is 12.8 Å². The predicted molar refractivity (Wildman–Crippen MR) is 127 cm³/mol. The van der Waals surface area contributed by atoms with E-state index in [-0.39, 0.29) is 17.7 Å². The highest BCUT2D eigenvalue weighted by Gasteiger charge is 2.28. The summed E-state index contributed by atoms with van der Waals surface area (Å²) in [7, 11) is 0. The van der Waals surface area contributed by atoms with Crippen LogP contribution in [0.1, 0.15) is 32.9 Å². The number of hydrogen-bond acceptors (Lipinski definition) is 4. The Hall–Kier alpha value is -2.90. The van der Waals surface area contributed by atoms with Gasteiger partial charge in [0.2, 0.25) is 5.91 Å².